The predicted molar refractivity (Wildman–Crippen MR) is 268 cm³/mol. The van der Waals surface area contributed by atoms with Crippen LogP contribution in [0.1, 0.15) is 80.2 Å². The number of rotatable bonds is 16. The second kappa shape index (κ2) is 21.7. The summed E-state index contributed by atoms with van der Waals surface area (Å²) >= 11 is 5.66. The summed E-state index contributed by atoms with van der Waals surface area (Å²) in [6.45, 7) is 10.6. The van der Waals surface area contributed by atoms with E-state index in [1.165, 1.54) is 17.4 Å². The number of hydrogen-bond donors (Lipinski definition) is 4. The molecule has 7 rings (SSSR count). The fraction of sp³-hybridized carbons (Fsp3) is 0.358. The van der Waals surface area contributed by atoms with Gasteiger partial charge in [-0.3, -0.25) is 28.9 Å². The van der Waals surface area contributed by atoms with E-state index in [9.17, 15) is 47.5 Å². The minimum atomic E-state index is -4.82. The maximum atomic E-state index is 14.0. The summed E-state index contributed by atoms with van der Waals surface area (Å²) in [5, 5.41) is 28.2. The molecule has 382 valence electrons. The molecule has 5 amide bonds. The molecule has 2 aliphatic heterocycles. The average molecular weight is 1020 g/mol. The number of alkyl halides is 3. The van der Waals surface area contributed by atoms with Gasteiger partial charge in [0.05, 0.1) is 34.7 Å². The fourth-order valence-corrected chi connectivity index (χ4v) is 9.22. The Balaban J connectivity index is 0.856. The average Bonchev–Trinajstić information content (AvgIpc) is 4.02. The normalized spacial score (nSPS) is 17.1. The first-order valence-electron chi connectivity index (χ1n) is 23.4. The summed E-state index contributed by atoms with van der Waals surface area (Å²) in [5.41, 5.74) is 1.01. The van der Waals surface area contributed by atoms with Crippen LogP contribution in [-0.2, 0) is 36.6 Å². The summed E-state index contributed by atoms with van der Waals surface area (Å²) in [5.74, 6) is -1.70. The lowest BCUT2D eigenvalue weighted by Gasteiger charge is -2.35. The minimum absolute atomic E-state index is 0.0275. The molecule has 4 aromatic carbocycles. The van der Waals surface area contributed by atoms with Gasteiger partial charge in [0.1, 0.15) is 24.2 Å². The Hall–Kier alpha value is -7.47. The molecule has 2 saturated heterocycles. The molecule has 0 saturated carbocycles. The number of aryl methyl sites for hydroxylation is 1. The number of aromatic nitrogens is 1. The van der Waals surface area contributed by atoms with Crippen LogP contribution in [0, 0.1) is 23.7 Å². The topological polar surface area (TPSA) is 210 Å². The molecular formula is C53H55F3N8O8S. The highest BCUT2D eigenvalue weighted by atomic mass is 32.1. The quantitative estimate of drug-likeness (QED) is 0.0578. The van der Waals surface area contributed by atoms with Crippen molar-refractivity contribution in [2.75, 3.05) is 36.1 Å². The highest BCUT2D eigenvalue weighted by molar-refractivity contribution is 7.81. The van der Waals surface area contributed by atoms with Crippen molar-refractivity contribution < 1.29 is 51.4 Å². The number of carbonyl (C=O) groups is 5. The standard InChI is InChI=1S/C53H55F3N8O8S/c1-31-44(72-30-60-31)35-10-8-32(9-11-35)27-59-47(68)42-25-40(65)28-62(42)48(69)45(51(2,3)4)61-43(66)29-71-23-7-22-58-46(67)36-14-12-33(13-15-36)34-16-19-38(20-17-34)64-50(73)63(49(70)52(64,5)6)39-21-18-37(26-57)41(24-39)53(54,55)56/h8-21,24,30,40,42,45,65H,7,22-23,25,27-29H2,1-6H3,(H,58,67)(H,59,68)(H,61,66)/t40-,42+,45-/m1/s1. The van der Waals surface area contributed by atoms with Crippen LogP contribution in [0.25, 0.3) is 22.5 Å². The summed E-state index contributed by atoms with van der Waals surface area (Å²) in [7, 11) is 0. The van der Waals surface area contributed by atoms with Gasteiger partial charge in [-0.2, -0.15) is 18.4 Å². The van der Waals surface area contributed by atoms with E-state index in [1.54, 1.807) is 94.1 Å². The van der Waals surface area contributed by atoms with Crippen molar-refractivity contribution in [3.63, 3.8) is 0 Å². The van der Waals surface area contributed by atoms with Crippen LogP contribution in [0.5, 0.6) is 0 Å². The lowest BCUT2D eigenvalue weighted by Crippen LogP contribution is -2.58. The number of anilines is 2. The molecule has 0 spiro atoms. The van der Waals surface area contributed by atoms with Gasteiger partial charge in [-0.15, -0.1) is 0 Å². The number of likely N-dealkylation sites (tertiary alicyclic amines) is 1. The number of nitrogens with one attached hydrogen (secondary N) is 3. The highest BCUT2D eigenvalue weighted by Crippen LogP contribution is 2.40. The number of benzene rings is 4. The Morgan fingerprint density at radius 1 is 0.945 bits per heavy atom. The molecular weight excluding hydrogens is 966 g/mol. The van der Waals surface area contributed by atoms with Gasteiger partial charge in [-0.1, -0.05) is 69.3 Å². The second-order valence-corrected chi connectivity index (χ2v) is 19.8. The van der Waals surface area contributed by atoms with Crippen LogP contribution in [0.3, 0.4) is 0 Å². The maximum absolute atomic E-state index is 14.0. The van der Waals surface area contributed by atoms with E-state index < -0.39 is 70.1 Å². The molecule has 3 heterocycles. The number of thiocarbonyl (C=S) groups is 1. The minimum Gasteiger partial charge on any atom is -0.443 e. The predicted octanol–water partition coefficient (Wildman–Crippen LogP) is 7.07. The number of aliphatic hydroxyl groups is 1. The Kier molecular flexibility index (Phi) is 15.9. The molecule has 1 aromatic heterocycles. The van der Waals surface area contributed by atoms with Gasteiger partial charge in [-0.25, -0.2) is 4.98 Å². The maximum Gasteiger partial charge on any atom is 0.417 e. The van der Waals surface area contributed by atoms with E-state index in [-0.39, 0.29) is 56.0 Å². The van der Waals surface area contributed by atoms with Crippen molar-refractivity contribution in [1.29, 1.82) is 5.26 Å². The molecule has 20 heteroatoms. The van der Waals surface area contributed by atoms with Crippen LogP contribution in [0.15, 0.2) is 102 Å². The number of ether oxygens (including phenoxy) is 1. The number of aliphatic hydroxyl groups excluding tert-OH is 1. The number of β-amino-alcohol motifs (C(OH)–C–C–N with tert-alkyl or cyclic N) is 1. The number of halogens is 3. The third kappa shape index (κ3) is 11.9. The Labute approximate surface area is 425 Å². The molecule has 16 nitrogen and oxygen atoms in total. The first-order valence-corrected chi connectivity index (χ1v) is 23.8. The van der Waals surface area contributed by atoms with Gasteiger partial charge in [-0.05, 0) is 104 Å². The molecule has 3 atom stereocenters. The Morgan fingerprint density at radius 2 is 1.58 bits per heavy atom. The smallest absolute Gasteiger partial charge is 0.417 e. The zero-order chi connectivity index (χ0) is 53.0. The summed E-state index contributed by atoms with van der Waals surface area (Å²) < 4.78 is 52.4. The van der Waals surface area contributed by atoms with Crippen molar-refractivity contribution in [2.24, 2.45) is 5.41 Å². The lowest BCUT2D eigenvalue weighted by atomic mass is 9.85. The van der Waals surface area contributed by atoms with E-state index in [0.29, 0.717) is 23.4 Å². The van der Waals surface area contributed by atoms with Gasteiger partial charge in [0.15, 0.2) is 17.3 Å². The SMILES string of the molecule is Cc1ncoc1-c1ccc(CNC(=O)[C@@H]2C[C@@H](O)CN2C(=O)[C@@H](NC(=O)COCCCNC(=O)c2ccc(-c3ccc(N4C(=S)N(c5ccc(C#N)c(C(F)(F)F)c5)C(=O)C4(C)C)cc3)cc2)C(C)(C)C)cc1. The molecule has 0 bridgehead atoms. The molecule has 2 fully saturated rings. The van der Waals surface area contributed by atoms with Crippen LogP contribution in [-0.4, -0.2) is 99.7 Å². The third-order valence-corrected chi connectivity index (χ3v) is 13.0. The molecule has 2 aliphatic rings. The van der Waals surface area contributed by atoms with E-state index in [4.69, 9.17) is 21.4 Å². The van der Waals surface area contributed by atoms with E-state index in [0.717, 1.165) is 45.0 Å². The summed E-state index contributed by atoms with van der Waals surface area (Å²) in [6.07, 6.45) is -3.95. The highest BCUT2D eigenvalue weighted by Gasteiger charge is 2.51. The van der Waals surface area contributed by atoms with E-state index in [2.05, 4.69) is 20.9 Å². The lowest BCUT2D eigenvalue weighted by molar-refractivity contribution is -0.144. The second-order valence-electron chi connectivity index (χ2n) is 19.4. The number of carbonyl (C=O) groups excluding carboxylic acids is 5. The Bertz CT molecular complexity index is 2930. The molecule has 0 radical (unpaired) electrons. The van der Waals surface area contributed by atoms with Crippen molar-refractivity contribution in [3.8, 4) is 28.5 Å². The third-order valence-electron chi connectivity index (χ3n) is 12.7. The van der Waals surface area contributed by atoms with E-state index in [1.807, 2.05) is 31.2 Å². The van der Waals surface area contributed by atoms with Gasteiger partial charge >= 0.3 is 6.18 Å². The van der Waals surface area contributed by atoms with E-state index >= 15 is 0 Å². The molecule has 5 aromatic rings. The monoisotopic (exact) mass is 1020 g/mol. The molecule has 4 N–H and O–H groups in total. The Morgan fingerprint density at radius 3 is 2.18 bits per heavy atom. The number of nitriles is 1. The summed E-state index contributed by atoms with van der Waals surface area (Å²) in [6, 6.07) is 23.9. The largest absolute Gasteiger partial charge is 0.443 e. The van der Waals surface area contributed by atoms with Gasteiger partial charge in [0.25, 0.3) is 11.8 Å². The van der Waals surface area contributed by atoms with Crippen molar-refractivity contribution in [3.05, 3.63) is 125 Å². The van der Waals surface area contributed by atoms with Gasteiger partial charge in [0.2, 0.25) is 17.7 Å². The number of oxazole rings is 1. The van der Waals surface area contributed by atoms with Crippen LogP contribution >= 0.6 is 12.2 Å². The molecule has 0 unspecified atom stereocenters. The zero-order valence-corrected chi connectivity index (χ0v) is 41.8. The van der Waals surface area contributed by atoms with Crippen LogP contribution in [0.2, 0.25) is 0 Å². The van der Waals surface area contributed by atoms with Gasteiger partial charge < -0.3 is 40.0 Å². The first kappa shape index (κ1) is 53.3. The number of hydrogen-bond acceptors (Lipinski definition) is 11. The van der Waals surface area contributed by atoms with Crippen molar-refractivity contribution >= 4 is 58.2 Å². The van der Waals surface area contributed by atoms with Crippen molar-refractivity contribution in [2.45, 2.75) is 90.8 Å². The first-order chi connectivity index (χ1) is 34.5. The van der Waals surface area contributed by atoms with Crippen LogP contribution in [0.4, 0.5) is 24.5 Å². The number of amides is 5. The molecule has 73 heavy (non-hydrogen) atoms. The zero-order valence-electron chi connectivity index (χ0n) is 41.0. The number of nitrogens with zero attached hydrogens (tertiary/aromatic N) is 5. The molecule has 0 aliphatic carbocycles. The summed E-state index contributed by atoms with van der Waals surface area (Å²) in [4.78, 5) is 75.2. The fourth-order valence-electron chi connectivity index (χ4n) is 8.70. The van der Waals surface area contributed by atoms with Crippen LogP contribution < -0.4 is 25.8 Å². The van der Waals surface area contributed by atoms with Crippen molar-refractivity contribution in [1.82, 2.24) is 25.8 Å². The van der Waals surface area contributed by atoms with Gasteiger partial charge in [0, 0.05) is 49.5 Å².